The van der Waals surface area contributed by atoms with Crippen molar-refractivity contribution < 1.29 is 4.74 Å². The van der Waals surface area contributed by atoms with Gasteiger partial charge in [0.2, 0.25) is 0 Å². The first kappa shape index (κ1) is 10.1. The highest BCUT2D eigenvalue weighted by atomic mass is 16.5. The molecular weight excluding hydrogens is 240 g/mol. The van der Waals surface area contributed by atoms with E-state index in [4.69, 9.17) is 4.74 Å². The standard InChI is InChI=1S/C14H10N4O/c1-3-11-9(7-15-17-11)13(5-1)19-14-6-2-4-12-10(14)8-16-18-12/h1-8H,(H,15,17)(H,16,18). The highest BCUT2D eigenvalue weighted by molar-refractivity contribution is 5.87. The van der Waals surface area contributed by atoms with Crippen LogP contribution in [0, 0.1) is 0 Å². The van der Waals surface area contributed by atoms with Crippen molar-refractivity contribution in [2.45, 2.75) is 0 Å². The van der Waals surface area contributed by atoms with E-state index in [0.29, 0.717) is 0 Å². The van der Waals surface area contributed by atoms with Gasteiger partial charge in [0.15, 0.2) is 0 Å². The zero-order valence-corrected chi connectivity index (χ0v) is 9.92. The Morgan fingerprint density at radius 2 is 1.26 bits per heavy atom. The Labute approximate surface area is 108 Å². The minimum Gasteiger partial charge on any atom is -0.456 e. The third kappa shape index (κ3) is 1.55. The van der Waals surface area contributed by atoms with Crippen LogP contribution in [-0.2, 0) is 0 Å². The minimum absolute atomic E-state index is 0.778. The fourth-order valence-corrected chi connectivity index (χ4v) is 2.18. The van der Waals surface area contributed by atoms with Gasteiger partial charge in [0.25, 0.3) is 0 Å². The summed E-state index contributed by atoms with van der Waals surface area (Å²) in [5.74, 6) is 1.56. The number of aromatic amines is 2. The number of aromatic nitrogens is 4. The quantitative estimate of drug-likeness (QED) is 0.574. The molecule has 4 rings (SSSR count). The van der Waals surface area contributed by atoms with Gasteiger partial charge in [0.05, 0.1) is 34.2 Å². The van der Waals surface area contributed by atoms with E-state index in [2.05, 4.69) is 20.4 Å². The summed E-state index contributed by atoms with van der Waals surface area (Å²) < 4.78 is 6.00. The summed E-state index contributed by atoms with van der Waals surface area (Å²) in [4.78, 5) is 0. The van der Waals surface area contributed by atoms with Gasteiger partial charge in [-0.05, 0) is 24.3 Å². The molecule has 92 valence electrons. The van der Waals surface area contributed by atoms with E-state index >= 15 is 0 Å². The molecule has 5 heteroatoms. The lowest BCUT2D eigenvalue weighted by Crippen LogP contribution is -1.85. The second-order valence-electron chi connectivity index (χ2n) is 4.28. The van der Waals surface area contributed by atoms with Crippen LogP contribution in [0.2, 0.25) is 0 Å². The maximum absolute atomic E-state index is 6.00. The summed E-state index contributed by atoms with van der Waals surface area (Å²) in [7, 11) is 0. The molecule has 2 heterocycles. The number of nitrogens with one attached hydrogen (secondary N) is 2. The molecule has 5 nitrogen and oxygen atoms in total. The van der Waals surface area contributed by atoms with E-state index in [1.165, 1.54) is 0 Å². The molecule has 0 saturated carbocycles. The minimum atomic E-state index is 0.778. The smallest absolute Gasteiger partial charge is 0.138 e. The van der Waals surface area contributed by atoms with Crippen LogP contribution in [0.3, 0.4) is 0 Å². The van der Waals surface area contributed by atoms with Gasteiger partial charge in [-0.2, -0.15) is 10.2 Å². The molecule has 0 saturated heterocycles. The van der Waals surface area contributed by atoms with Gasteiger partial charge in [-0.1, -0.05) is 12.1 Å². The summed E-state index contributed by atoms with van der Waals surface area (Å²) in [5.41, 5.74) is 1.91. The lowest BCUT2D eigenvalue weighted by molar-refractivity contribution is 0.494. The maximum Gasteiger partial charge on any atom is 0.138 e. The largest absolute Gasteiger partial charge is 0.456 e. The number of nitrogens with zero attached hydrogens (tertiary/aromatic N) is 2. The summed E-state index contributed by atoms with van der Waals surface area (Å²) in [6, 6.07) is 11.7. The second kappa shape index (κ2) is 3.84. The van der Waals surface area contributed by atoms with Gasteiger partial charge < -0.3 is 4.74 Å². The van der Waals surface area contributed by atoms with E-state index in [1.54, 1.807) is 12.4 Å². The number of benzene rings is 2. The van der Waals surface area contributed by atoms with Gasteiger partial charge in [0, 0.05) is 0 Å². The molecule has 0 unspecified atom stereocenters. The lowest BCUT2D eigenvalue weighted by atomic mass is 10.2. The molecule has 2 N–H and O–H groups in total. The summed E-state index contributed by atoms with van der Waals surface area (Å²) in [6.45, 7) is 0. The predicted octanol–water partition coefficient (Wildman–Crippen LogP) is 3.23. The Morgan fingerprint density at radius 1 is 0.737 bits per heavy atom. The van der Waals surface area contributed by atoms with E-state index in [9.17, 15) is 0 Å². The zero-order chi connectivity index (χ0) is 12.7. The molecule has 0 aliphatic rings. The molecule has 0 aliphatic heterocycles. The van der Waals surface area contributed by atoms with Crippen molar-refractivity contribution in [1.29, 1.82) is 0 Å². The SMILES string of the molecule is c1cc(Oc2cccc3[nH]ncc23)c2cn[nH]c2c1. The Kier molecular flexibility index (Phi) is 2.05. The van der Waals surface area contributed by atoms with E-state index in [1.807, 2.05) is 36.4 Å². The van der Waals surface area contributed by atoms with Crippen LogP contribution in [0.5, 0.6) is 11.5 Å². The molecule has 0 spiro atoms. The molecule has 0 bridgehead atoms. The first-order valence-electron chi connectivity index (χ1n) is 5.94. The van der Waals surface area contributed by atoms with Crippen LogP contribution >= 0.6 is 0 Å². The van der Waals surface area contributed by atoms with Gasteiger partial charge >= 0.3 is 0 Å². The molecular formula is C14H10N4O. The fraction of sp³-hybridized carbons (Fsp3) is 0. The van der Waals surface area contributed by atoms with Crippen molar-refractivity contribution >= 4 is 21.8 Å². The van der Waals surface area contributed by atoms with Gasteiger partial charge in [-0.25, -0.2) is 0 Å². The van der Waals surface area contributed by atoms with Crippen LogP contribution in [0.1, 0.15) is 0 Å². The average Bonchev–Trinajstić information content (AvgIpc) is 3.08. The first-order chi connectivity index (χ1) is 9.42. The Bertz CT molecular complexity index is 790. The van der Waals surface area contributed by atoms with Gasteiger partial charge in [-0.15, -0.1) is 0 Å². The predicted molar refractivity (Wildman–Crippen MR) is 72.3 cm³/mol. The summed E-state index contributed by atoms with van der Waals surface area (Å²) >= 11 is 0. The zero-order valence-electron chi connectivity index (χ0n) is 9.92. The fourth-order valence-electron chi connectivity index (χ4n) is 2.18. The molecule has 0 fully saturated rings. The van der Waals surface area contributed by atoms with E-state index in [-0.39, 0.29) is 0 Å². The molecule has 4 aromatic rings. The number of hydrogen-bond donors (Lipinski definition) is 2. The molecule has 0 radical (unpaired) electrons. The van der Waals surface area contributed by atoms with Crippen molar-refractivity contribution in [1.82, 2.24) is 20.4 Å². The molecule has 0 aliphatic carbocycles. The van der Waals surface area contributed by atoms with Gasteiger partial charge in [0.1, 0.15) is 11.5 Å². The molecule has 19 heavy (non-hydrogen) atoms. The first-order valence-corrected chi connectivity index (χ1v) is 5.94. The number of ether oxygens (including phenoxy) is 1. The van der Waals surface area contributed by atoms with Crippen LogP contribution in [-0.4, -0.2) is 20.4 Å². The Morgan fingerprint density at radius 3 is 1.79 bits per heavy atom. The number of H-pyrrole nitrogens is 2. The monoisotopic (exact) mass is 250 g/mol. The van der Waals surface area contributed by atoms with Crippen molar-refractivity contribution in [3.8, 4) is 11.5 Å². The third-order valence-electron chi connectivity index (χ3n) is 3.11. The van der Waals surface area contributed by atoms with Crippen molar-refractivity contribution in [3.63, 3.8) is 0 Å². The Hall–Kier alpha value is -2.82. The molecule has 0 atom stereocenters. The number of fused-ring (bicyclic) bond motifs is 2. The average molecular weight is 250 g/mol. The maximum atomic E-state index is 6.00. The van der Waals surface area contributed by atoms with E-state index < -0.39 is 0 Å². The van der Waals surface area contributed by atoms with E-state index in [0.717, 1.165) is 33.3 Å². The normalized spacial score (nSPS) is 11.2. The number of rotatable bonds is 2. The Balaban J connectivity index is 1.86. The highest BCUT2D eigenvalue weighted by Crippen LogP contribution is 2.32. The molecule has 2 aromatic heterocycles. The highest BCUT2D eigenvalue weighted by Gasteiger charge is 2.08. The van der Waals surface area contributed by atoms with Crippen LogP contribution in [0.15, 0.2) is 48.8 Å². The summed E-state index contributed by atoms with van der Waals surface area (Å²) in [6.07, 6.45) is 3.53. The number of hydrogen-bond acceptors (Lipinski definition) is 3. The van der Waals surface area contributed by atoms with Crippen LogP contribution in [0.4, 0.5) is 0 Å². The second-order valence-corrected chi connectivity index (χ2v) is 4.28. The lowest BCUT2D eigenvalue weighted by Gasteiger charge is -2.07. The molecule has 2 aromatic carbocycles. The van der Waals surface area contributed by atoms with Crippen LogP contribution < -0.4 is 4.74 Å². The van der Waals surface area contributed by atoms with Crippen molar-refractivity contribution in [2.24, 2.45) is 0 Å². The third-order valence-corrected chi connectivity index (χ3v) is 3.11. The topological polar surface area (TPSA) is 66.6 Å². The summed E-state index contributed by atoms with van der Waals surface area (Å²) in [5, 5.41) is 15.8. The molecule has 0 amide bonds. The van der Waals surface area contributed by atoms with Crippen molar-refractivity contribution in [2.75, 3.05) is 0 Å². The van der Waals surface area contributed by atoms with Crippen LogP contribution in [0.25, 0.3) is 21.8 Å². The van der Waals surface area contributed by atoms with Gasteiger partial charge in [-0.3, -0.25) is 10.2 Å². The van der Waals surface area contributed by atoms with Crippen molar-refractivity contribution in [3.05, 3.63) is 48.8 Å².